The molecule has 1 atom stereocenters. The van der Waals surface area contributed by atoms with Gasteiger partial charge < -0.3 is 5.32 Å². The van der Waals surface area contributed by atoms with E-state index in [1.54, 1.807) is 30.5 Å². The third-order valence-corrected chi connectivity index (χ3v) is 6.86. The first-order valence-corrected chi connectivity index (χ1v) is 10.5. The molecule has 1 aliphatic rings. The summed E-state index contributed by atoms with van der Waals surface area (Å²) in [4.78, 5) is 17.2. The number of amides is 1. The molecule has 1 fully saturated rings. The molecule has 1 saturated carbocycles. The molecule has 5 heteroatoms. The number of halogens is 2. The molecule has 1 heterocycles. The fourth-order valence-corrected chi connectivity index (χ4v) is 4.62. The lowest BCUT2D eigenvalue weighted by molar-refractivity contribution is -0.123. The summed E-state index contributed by atoms with van der Waals surface area (Å²) in [5.74, 6) is -0.454. The highest BCUT2D eigenvalue weighted by atomic mass is 19.1. The van der Waals surface area contributed by atoms with Crippen LogP contribution in [-0.4, -0.2) is 10.9 Å². The predicted octanol–water partition coefficient (Wildman–Crippen LogP) is 6.45. The van der Waals surface area contributed by atoms with Crippen molar-refractivity contribution in [2.24, 2.45) is 11.3 Å². The van der Waals surface area contributed by atoms with Gasteiger partial charge in [0.05, 0.1) is 5.52 Å². The minimum atomic E-state index is -0.324. The van der Waals surface area contributed by atoms with Crippen LogP contribution in [0, 0.1) is 23.0 Å². The zero-order chi connectivity index (χ0) is 21.3. The summed E-state index contributed by atoms with van der Waals surface area (Å²) in [6.45, 7) is 4.14. The first kappa shape index (κ1) is 20.5. The van der Waals surface area contributed by atoms with Crippen LogP contribution in [0.1, 0.15) is 51.0 Å². The van der Waals surface area contributed by atoms with E-state index in [9.17, 15) is 13.6 Å². The molecule has 1 amide bonds. The van der Waals surface area contributed by atoms with Gasteiger partial charge in [0, 0.05) is 23.2 Å². The Morgan fingerprint density at radius 2 is 1.73 bits per heavy atom. The molecule has 3 aromatic rings. The van der Waals surface area contributed by atoms with Crippen molar-refractivity contribution in [1.29, 1.82) is 0 Å². The summed E-state index contributed by atoms with van der Waals surface area (Å²) in [5, 5.41) is 3.79. The van der Waals surface area contributed by atoms with Crippen molar-refractivity contribution in [1.82, 2.24) is 4.98 Å². The molecule has 0 bridgehead atoms. The number of benzene rings is 2. The molecule has 0 saturated heterocycles. The zero-order valence-corrected chi connectivity index (χ0v) is 17.3. The molecule has 0 aliphatic heterocycles. The number of anilines is 1. The van der Waals surface area contributed by atoms with Crippen molar-refractivity contribution in [2.45, 2.75) is 45.4 Å². The van der Waals surface area contributed by atoms with Crippen LogP contribution in [0.4, 0.5) is 14.5 Å². The first-order valence-electron chi connectivity index (χ1n) is 10.5. The Kier molecular flexibility index (Phi) is 5.54. The van der Waals surface area contributed by atoms with Crippen molar-refractivity contribution < 1.29 is 13.6 Å². The third kappa shape index (κ3) is 4.07. The number of aromatic nitrogens is 1. The van der Waals surface area contributed by atoms with Crippen molar-refractivity contribution >= 4 is 22.5 Å². The number of nitrogens with one attached hydrogen (secondary N) is 1. The summed E-state index contributed by atoms with van der Waals surface area (Å²) in [6, 6.07) is 12.6. The van der Waals surface area contributed by atoms with E-state index in [1.807, 2.05) is 13.0 Å². The van der Waals surface area contributed by atoms with E-state index in [-0.39, 0.29) is 28.9 Å². The van der Waals surface area contributed by atoms with Gasteiger partial charge in [0.1, 0.15) is 11.6 Å². The first-order chi connectivity index (χ1) is 14.4. The van der Waals surface area contributed by atoms with E-state index < -0.39 is 0 Å². The highest BCUT2D eigenvalue weighted by Gasteiger charge is 2.39. The Hall–Kier alpha value is -2.82. The van der Waals surface area contributed by atoms with Crippen LogP contribution in [-0.2, 0) is 4.79 Å². The number of nitrogens with zero attached hydrogens (tertiary/aromatic N) is 1. The molecule has 1 aromatic heterocycles. The number of carbonyl (C=O) groups is 1. The number of pyridine rings is 1. The number of fused-ring (bicyclic) bond motifs is 1. The van der Waals surface area contributed by atoms with E-state index in [1.165, 1.54) is 18.2 Å². The molecule has 4 rings (SSSR count). The van der Waals surface area contributed by atoms with Crippen molar-refractivity contribution in [3.63, 3.8) is 0 Å². The maximum atomic E-state index is 13.8. The molecule has 3 nitrogen and oxygen atoms in total. The summed E-state index contributed by atoms with van der Waals surface area (Å²) in [7, 11) is 0. The largest absolute Gasteiger partial charge is 0.326 e. The number of rotatable bonds is 4. The maximum absolute atomic E-state index is 13.8. The predicted molar refractivity (Wildman–Crippen MR) is 115 cm³/mol. The highest BCUT2D eigenvalue weighted by molar-refractivity contribution is 5.92. The second-order valence-corrected chi connectivity index (χ2v) is 8.71. The van der Waals surface area contributed by atoms with E-state index in [0.717, 1.165) is 42.1 Å². The summed E-state index contributed by atoms with van der Waals surface area (Å²) in [6.07, 6.45) is 5.51. The van der Waals surface area contributed by atoms with Gasteiger partial charge in [-0.3, -0.25) is 9.78 Å². The van der Waals surface area contributed by atoms with Gasteiger partial charge in [-0.15, -0.1) is 0 Å². The second kappa shape index (κ2) is 8.13. The third-order valence-electron chi connectivity index (χ3n) is 6.86. The molecular weight excluding hydrogens is 382 g/mol. The van der Waals surface area contributed by atoms with Crippen molar-refractivity contribution in [3.05, 3.63) is 71.9 Å². The number of hydrogen-bond donors (Lipinski definition) is 1. The Morgan fingerprint density at radius 3 is 2.43 bits per heavy atom. The van der Waals surface area contributed by atoms with Crippen LogP contribution < -0.4 is 5.32 Å². The lowest BCUT2D eigenvalue weighted by Gasteiger charge is -2.41. The lowest BCUT2D eigenvalue weighted by atomic mass is 9.64. The Morgan fingerprint density at radius 1 is 1.07 bits per heavy atom. The van der Waals surface area contributed by atoms with Crippen LogP contribution in [0.2, 0.25) is 0 Å². The fourth-order valence-electron chi connectivity index (χ4n) is 4.62. The lowest BCUT2D eigenvalue weighted by Crippen LogP contribution is -2.37. The molecule has 1 N–H and O–H groups in total. The minimum absolute atomic E-state index is 0.0426. The summed E-state index contributed by atoms with van der Waals surface area (Å²) < 4.78 is 26.9. The van der Waals surface area contributed by atoms with Gasteiger partial charge in [-0.1, -0.05) is 13.8 Å². The average Bonchev–Trinajstić information content (AvgIpc) is 2.75. The molecule has 30 heavy (non-hydrogen) atoms. The maximum Gasteiger partial charge on any atom is 0.227 e. The Balaban J connectivity index is 1.46. The van der Waals surface area contributed by atoms with Crippen LogP contribution >= 0.6 is 0 Å². The van der Waals surface area contributed by atoms with Crippen molar-refractivity contribution in [3.8, 4) is 0 Å². The number of carbonyl (C=O) groups excluding carboxylic acids is 1. The molecule has 0 spiro atoms. The van der Waals surface area contributed by atoms with Crippen LogP contribution in [0.3, 0.4) is 0 Å². The average molecular weight is 408 g/mol. The molecule has 1 aliphatic carbocycles. The Labute approximate surface area is 175 Å². The quantitative estimate of drug-likeness (QED) is 0.539. The van der Waals surface area contributed by atoms with Gasteiger partial charge >= 0.3 is 0 Å². The van der Waals surface area contributed by atoms with E-state index in [2.05, 4.69) is 17.2 Å². The minimum Gasteiger partial charge on any atom is -0.326 e. The van der Waals surface area contributed by atoms with E-state index >= 15 is 0 Å². The monoisotopic (exact) mass is 408 g/mol. The smallest absolute Gasteiger partial charge is 0.227 e. The highest BCUT2D eigenvalue weighted by Crippen LogP contribution is 2.48. The zero-order valence-electron chi connectivity index (χ0n) is 17.3. The molecule has 156 valence electrons. The van der Waals surface area contributed by atoms with E-state index in [0.29, 0.717) is 11.6 Å². The van der Waals surface area contributed by atoms with Gasteiger partial charge in [0.2, 0.25) is 5.91 Å². The summed E-state index contributed by atoms with van der Waals surface area (Å²) in [5.41, 5.74) is 2.45. The van der Waals surface area contributed by atoms with Gasteiger partial charge in [-0.05, 0) is 91.1 Å². The molecule has 2 aromatic carbocycles. The van der Waals surface area contributed by atoms with Gasteiger partial charge in [-0.2, -0.15) is 0 Å². The van der Waals surface area contributed by atoms with Gasteiger partial charge in [0.25, 0.3) is 0 Å². The Bertz CT molecular complexity index is 1060. The van der Waals surface area contributed by atoms with Gasteiger partial charge in [0.15, 0.2) is 0 Å². The molecule has 0 radical (unpaired) electrons. The summed E-state index contributed by atoms with van der Waals surface area (Å²) >= 11 is 0. The van der Waals surface area contributed by atoms with Crippen molar-refractivity contribution in [2.75, 3.05) is 5.32 Å². The van der Waals surface area contributed by atoms with Gasteiger partial charge in [-0.25, -0.2) is 8.78 Å². The topological polar surface area (TPSA) is 42.0 Å². The van der Waals surface area contributed by atoms with E-state index in [4.69, 9.17) is 0 Å². The second-order valence-electron chi connectivity index (χ2n) is 8.71. The van der Waals surface area contributed by atoms with Crippen LogP contribution in [0.15, 0.2) is 54.7 Å². The standard InChI is InChI=1S/C25H26F2N2O/c1-16(24(30)29-20-6-3-18(26)4-7-20)25(2)12-9-17(10-13-25)21-11-14-28-23-8-5-19(27)15-22(21)23/h3-8,11,14-17H,9-10,12-13H2,1-2H3,(H,29,30)/t16-,17-,25+/m1/s1. The SMILES string of the molecule is C[C@H](C(=O)Nc1ccc(F)cc1)[C@]1(C)CC[C@H](c2ccnc3ccc(F)cc32)CC1. The number of hydrogen-bond acceptors (Lipinski definition) is 2. The normalized spacial score (nSPS) is 22.6. The van der Waals surface area contributed by atoms with Crippen LogP contribution in [0.25, 0.3) is 10.9 Å². The molecular formula is C25H26F2N2O. The molecule has 0 unspecified atom stereocenters. The fraction of sp³-hybridized carbons (Fsp3) is 0.360. The van der Waals surface area contributed by atoms with Crippen LogP contribution in [0.5, 0.6) is 0 Å².